The van der Waals surface area contributed by atoms with E-state index < -0.39 is 17.3 Å². The van der Waals surface area contributed by atoms with Crippen LogP contribution in [-0.4, -0.2) is 24.0 Å². The molecule has 0 unspecified atom stereocenters. The van der Waals surface area contributed by atoms with Crippen molar-refractivity contribution in [2.75, 3.05) is 18.2 Å². The Morgan fingerprint density at radius 2 is 1.88 bits per heavy atom. The van der Waals surface area contributed by atoms with Crippen molar-refractivity contribution in [1.82, 2.24) is 0 Å². The number of allylic oxidation sites excluding steroid dienone is 2. The highest BCUT2D eigenvalue weighted by Crippen LogP contribution is 2.42. The van der Waals surface area contributed by atoms with E-state index >= 15 is 0 Å². The maximum atomic E-state index is 12.7. The number of ether oxygens (including phenoxy) is 1. The van der Waals surface area contributed by atoms with Crippen LogP contribution in [0.3, 0.4) is 0 Å². The van der Waals surface area contributed by atoms with Gasteiger partial charge in [0.1, 0.15) is 11.7 Å². The van der Waals surface area contributed by atoms with Crippen LogP contribution in [0.15, 0.2) is 47.4 Å². The van der Waals surface area contributed by atoms with Crippen molar-refractivity contribution in [2.24, 2.45) is 11.3 Å². The van der Waals surface area contributed by atoms with Gasteiger partial charge >= 0.3 is 5.97 Å². The molecule has 0 fully saturated rings. The van der Waals surface area contributed by atoms with E-state index in [1.165, 1.54) is 7.11 Å². The highest BCUT2D eigenvalue weighted by Gasteiger charge is 2.44. The zero-order valence-electron chi connectivity index (χ0n) is 15.6. The third-order valence-corrected chi connectivity index (χ3v) is 4.44. The molecule has 0 radical (unpaired) electrons. The Morgan fingerprint density at radius 1 is 1.27 bits per heavy atom. The van der Waals surface area contributed by atoms with E-state index in [4.69, 9.17) is 10.5 Å². The van der Waals surface area contributed by atoms with Gasteiger partial charge in [0.05, 0.1) is 12.7 Å². The summed E-state index contributed by atoms with van der Waals surface area (Å²) in [5.41, 5.74) is 6.95. The van der Waals surface area contributed by atoms with Crippen molar-refractivity contribution in [3.63, 3.8) is 0 Å². The zero-order chi connectivity index (χ0) is 19.5. The van der Waals surface area contributed by atoms with Crippen molar-refractivity contribution in [1.29, 1.82) is 0 Å². The molecule has 1 aromatic carbocycles. The molecule has 0 spiro atoms. The van der Waals surface area contributed by atoms with Crippen molar-refractivity contribution >= 4 is 23.1 Å². The van der Waals surface area contributed by atoms with Crippen LogP contribution < -0.4 is 11.1 Å². The van der Waals surface area contributed by atoms with Gasteiger partial charge in [-0.05, 0) is 30.7 Å². The number of hydrogen-bond donors (Lipinski definition) is 3. The minimum absolute atomic E-state index is 0.137. The quantitative estimate of drug-likeness (QED) is 0.531. The molecule has 0 amide bonds. The van der Waals surface area contributed by atoms with Gasteiger partial charge in [-0.15, -0.1) is 0 Å². The third kappa shape index (κ3) is 3.90. The molecule has 2 rings (SSSR count). The summed E-state index contributed by atoms with van der Waals surface area (Å²) in [4.78, 5) is 24.9. The number of esters is 1. The Balaban J connectivity index is 2.52. The summed E-state index contributed by atoms with van der Waals surface area (Å²) in [6.45, 7) is 5.52. The van der Waals surface area contributed by atoms with Gasteiger partial charge in [0, 0.05) is 28.9 Å². The molecule has 26 heavy (non-hydrogen) atoms. The number of aliphatic hydroxyl groups excluding tert-OH is 1. The predicted octanol–water partition coefficient (Wildman–Crippen LogP) is 3.57. The fourth-order valence-corrected chi connectivity index (χ4v) is 3.16. The fourth-order valence-electron chi connectivity index (χ4n) is 3.16. The molecule has 0 aromatic heterocycles. The fraction of sp³-hybridized carbons (Fsp3) is 0.400. The van der Waals surface area contributed by atoms with E-state index in [2.05, 4.69) is 5.32 Å². The van der Waals surface area contributed by atoms with Crippen LogP contribution in [-0.2, 0) is 14.3 Å². The monoisotopic (exact) mass is 358 g/mol. The highest BCUT2D eigenvalue weighted by atomic mass is 16.5. The maximum Gasteiger partial charge on any atom is 0.317 e. The Hall–Kier alpha value is -2.76. The van der Waals surface area contributed by atoms with Crippen LogP contribution in [0.2, 0.25) is 0 Å². The first-order valence-corrected chi connectivity index (χ1v) is 8.61. The normalized spacial score (nSPS) is 18.9. The zero-order valence-corrected chi connectivity index (χ0v) is 15.6. The van der Waals surface area contributed by atoms with E-state index in [9.17, 15) is 14.7 Å². The number of carbonyl (C=O) groups is 2. The van der Waals surface area contributed by atoms with Crippen molar-refractivity contribution in [3.05, 3.63) is 47.4 Å². The third-order valence-electron chi connectivity index (χ3n) is 4.44. The first-order chi connectivity index (χ1) is 12.2. The number of aliphatic hydroxyl groups is 1. The van der Waals surface area contributed by atoms with Gasteiger partial charge in [0.2, 0.25) is 0 Å². The van der Waals surface area contributed by atoms with Gasteiger partial charge in [-0.25, -0.2) is 0 Å². The number of nitrogens with two attached hydrogens (primary N) is 1. The smallest absolute Gasteiger partial charge is 0.317 e. The SMILES string of the molecule is CCCC(=O)C1=C(O)[C@@H](C(=O)OC)C(C)(C)C=C1Nc1ccc(N)cc1. The van der Waals surface area contributed by atoms with Crippen molar-refractivity contribution in [3.8, 4) is 0 Å². The van der Waals surface area contributed by atoms with Crippen molar-refractivity contribution in [2.45, 2.75) is 33.6 Å². The highest BCUT2D eigenvalue weighted by molar-refractivity contribution is 6.02. The summed E-state index contributed by atoms with van der Waals surface area (Å²) < 4.78 is 4.84. The lowest BCUT2D eigenvalue weighted by molar-refractivity contribution is -0.148. The number of anilines is 2. The van der Waals surface area contributed by atoms with Gasteiger partial charge in [-0.1, -0.05) is 26.8 Å². The van der Waals surface area contributed by atoms with Gasteiger partial charge in [0.25, 0.3) is 0 Å². The standard InChI is InChI=1S/C20H26N2O4/c1-5-6-15(23)16-14(22-13-9-7-12(21)8-10-13)11-20(2,3)17(18(16)24)19(25)26-4/h7-11,17,22,24H,5-6,21H2,1-4H3/t17-/m0/s1. The number of rotatable bonds is 6. The predicted molar refractivity (Wildman–Crippen MR) is 101 cm³/mol. The molecular weight excluding hydrogens is 332 g/mol. The van der Waals surface area contributed by atoms with E-state index in [0.717, 1.165) is 5.69 Å². The van der Waals surface area contributed by atoms with Crippen molar-refractivity contribution < 1.29 is 19.4 Å². The Kier molecular flexibility index (Phi) is 5.75. The van der Waals surface area contributed by atoms with Crippen LogP contribution in [0.4, 0.5) is 11.4 Å². The molecule has 0 bridgehead atoms. The number of nitrogen functional groups attached to an aromatic ring is 1. The Labute approximate surface area is 153 Å². The number of nitrogens with one attached hydrogen (secondary N) is 1. The average molecular weight is 358 g/mol. The van der Waals surface area contributed by atoms with E-state index in [1.54, 1.807) is 30.3 Å². The lowest BCUT2D eigenvalue weighted by atomic mass is 9.71. The van der Waals surface area contributed by atoms with Crippen LogP contribution in [0, 0.1) is 11.3 Å². The molecule has 6 heteroatoms. The largest absolute Gasteiger partial charge is 0.511 e. The number of ketones is 1. The summed E-state index contributed by atoms with van der Waals surface area (Å²) in [6.07, 6.45) is 2.71. The summed E-state index contributed by atoms with van der Waals surface area (Å²) in [5.74, 6) is -1.97. The van der Waals surface area contributed by atoms with Crippen LogP contribution in [0.1, 0.15) is 33.6 Å². The molecule has 1 aliphatic rings. The topological polar surface area (TPSA) is 102 Å². The second-order valence-corrected chi connectivity index (χ2v) is 7.02. The van der Waals surface area contributed by atoms with Crippen LogP contribution >= 0.6 is 0 Å². The number of benzene rings is 1. The molecular formula is C20H26N2O4. The van der Waals surface area contributed by atoms with Gasteiger partial charge < -0.3 is 20.9 Å². The minimum Gasteiger partial charge on any atom is -0.511 e. The first kappa shape index (κ1) is 19.6. The van der Waals surface area contributed by atoms with Gasteiger partial charge in [0.15, 0.2) is 5.78 Å². The average Bonchev–Trinajstić information content (AvgIpc) is 2.56. The van der Waals surface area contributed by atoms with E-state index in [0.29, 0.717) is 17.8 Å². The molecule has 0 saturated carbocycles. The molecule has 0 saturated heterocycles. The number of hydrogen-bond acceptors (Lipinski definition) is 6. The lowest BCUT2D eigenvalue weighted by Gasteiger charge is -2.35. The number of methoxy groups -OCH3 is 1. The van der Waals surface area contributed by atoms with E-state index in [-0.39, 0.29) is 23.5 Å². The first-order valence-electron chi connectivity index (χ1n) is 8.61. The summed E-state index contributed by atoms with van der Waals surface area (Å²) in [5, 5.41) is 14.0. The Bertz CT molecular complexity index is 761. The summed E-state index contributed by atoms with van der Waals surface area (Å²) >= 11 is 0. The van der Waals surface area contributed by atoms with Gasteiger partial charge in [-0.3, -0.25) is 9.59 Å². The maximum absolute atomic E-state index is 12.7. The van der Waals surface area contributed by atoms with Crippen LogP contribution in [0.5, 0.6) is 0 Å². The Morgan fingerprint density at radius 3 is 2.42 bits per heavy atom. The molecule has 1 aromatic rings. The van der Waals surface area contributed by atoms with E-state index in [1.807, 2.05) is 20.8 Å². The molecule has 1 aliphatic carbocycles. The molecule has 4 N–H and O–H groups in total. The number of Topliss-reactive ketones (excluding diaryl/α,β-unsaturated/α-hetero) is 1. The molecule has 6 nitrogen and oxygen atoms in total. The van der Waals surface area contributed by atoms with Crippen LogP contribution in [0.25, 0.3) is 0 Å². The molecule has 0 heterocycles. The lowest BCUT2D eigenvalue weighted by Crippen LogP contribution is -2.38. The second kappa shape index (κ2) is 7.64. The number of carbonyl (C=O) groups excluding carboxylic acids is 2. The minimum atomic E-state index is -0.930. The summed E-state index contributed by atoms with van der Waals surface area (Å²) in [7, 11) is 1.27. The molecule has 1 atom stereocenters. The summed E-state index contributed by atoms with van der Waals surface area (Å²) in [6, 6.07) is 7.06. The second-order valence-electron chi connectivity index (χ2n) is 7.02. The molecule has 0 aliphatic heterocycles. The van der Waals surface area contributed by atoms with Gasteiger partial charge in [-0.2, -0.15) is 0 Å². The molecule has 140 valence electrons.